The van der Waals surface area contributed by atoms with Crippen LogP contribution in [0.2, 0.25) is 0 Å². The highest BCUT2D eigenvalue weighted by molar-refractivity contribution is 5.31. The molecule has 3 heteroatoms. The highest BCUT2D eigenvalue weighted by atomic mass is 16.3. The van der Waals surface area contributed by atoms with Gasteiger partial charge in [0, 0.05) is 25.2 Å². The lowest BCUT2D eigenvalue weighted by molar-refractivity contribution is 0.266. The molecule has 1 atom stereocenters. The maximum Gasteiger partial charge on any atom is 0.120 e. The summed E-state index contributed by atoms with van der Waals surface area (Å²) in [7, 11) is 0. The predicted molar refractivity (Wildman–Crippen MR) is 67.9 cm³/mol. The minimum Gasteiger partial charge on any atom is -0.508 e. The molecule has 2 heterocycles. The van der Waals surface area contributed by atoms with Crippen molar-refractivity contribution in [2.45, 2.75) is 19.4 Å². The summed E-state index contributed by atoms with van der Waals surface area (Å²) < 4.78 is 0. The second-order valence-corrected chi connectivity index (χ2v) is 5.52. The van der Waals surface area contributed by atoms with Gasteiger partial charge >= 0.3 is 0 Å². The largest absolute Gasteiger partial charge is 0.508 e. The van der Waals surface area contributed by atoms with Gasteiger partial charge in [0.15, 0.2) is 0 Å². The van der Waals surface area contributed by atoms with E-state index in [-0.39, 0.29) is 0 Å². The Bertz CT molecular complexity index is 399. The number of phenols is 1. The van der Waals surface area contributed by atoms with Crippen LogP contribution in [0.25, 0.3) is 0 Å². The molecule has 1 unspecified atom stereocenters. The van der Waals surface area contributed by atoms with Crippen molar-refractivity contribution in [1.29, 1.82) is 0 Å². The van der Waals surface area contributed by atoms with E-state index >= 15 is 0 Å². The van der Waals surface area contributed by atoms with Crippen LogP contribution in [-0.2, 0) is 6.54 Å². The molecule has 1 spiro atoms. The van der Waals surface area contributed by atoms with Gasteiger partial charge in [0.25, 0.3) is 0 Å². The molecule has 0 bridgehead atoms. The van der Waals surface area contributed by atoms with E-state index in [0.717, 1.165) is 18.7 Å². The van der Waals surface area contributed by atoms with E-state index in [4.69, 9.17) is 0 Å². The quantitative estimate of drug-likeness (QED) is 0.812. The summed E-state index contributed by atoms with van der Waals surface area (Å²) in [6, 6.07) is 7.68. The van der Waals surface area contributed by atoms with Crippen molar-refractivity contribution in [1.82, 2.24) is 10.2 Å². The van der Waals surface area contributed by atoms with Crippen molar-refractivity contribution in [2.75, 3.05) is 26.2 Å². The molecule has 0 aromatic heterocycles. The molecule has 1 aromatic rings. The van der Waals surface area contributed by atoms with Crippen molar-refractivity contribution in [3.05, 3.63) is 29.8 Å². The van der Waals surface area contributed by atoms with Gasteiger partial charge in [0.2, 0.25) is 0 Å². The maximum atomic E-state index is 9.79. The predicted octanol–water partition coefficient (Wildman–Crippen LogP) is 1.58. The smallest absolute Gasteiger partial charge is 0.120 e. The van der Waals surface area contributed by atoms with Gasteiger partial charge in [-0.1, -0.05) is 18.2 Å². The van der Waals surface area contributed by atoms with E-state index in [1.54, 1.807) is 6.07 Å². The molecule has 1 aromatic carbocycles. The number of para-hydroxylation sites is 1. The molecule has 2 N–H and O–H groups in total. The Labute approximate surface area is 102 Å². The van der Waals surface area contributed by atoms with Crippen molar-refractivity contribution >= 4 is 0 Å². The van der Waals surface area contributed by atoms with E-state index < -0.39 is 0 Å². The number of rotatable bonds is 2. The Balaban J connectivity index is 1.66. The fraction of sp³-hybridized carbons (Fsp3) is 0.571. The van der Waals surface area contributed by atoms with Crippen molar-refractivity contribution < 1.29 is 5.11 Å². The molecule has 92 valence electrons. The van der Waals surface area contributed by atoms with Crippen LogP contribution in [0.1, 0.15) is 18.4 Å². The first-order valence-electron chi connectivity index (χ1n) is 6.47. The van der Waals surface area contributed by atoms with Gasteiger partial charge in [-0.05, 0) is 37.4 Å². The fourth-order valence-electron chi connectivity index (χ4n) is 3.19. The summed E-state index contributed by atoms with van der Waals surface area (Å²) in [5.41, 5.74) is 1.57. The lowest BCUT2D eigenvalue weighted by atomic mass is 9.86. The Morgan fingerprint density at radius 2 is 2.18 bits per heavy atom. The summed E-state index contributed by atoms with van der Waals surface area (Å²) in [6.45, 7) is 5.56. The highest BCUT2D eigenvalue weighted by Crippen LogP contribution is 2.37. The van der Waals surface area contributed by atoms with Crippen LogP contribution in [0.4, 0.5) is 0 Å². The van der Waals surface area contributed by atoms with E-state index in [1.807, 2.05) is 18.2 Å². The van der Waals surface area contributed by atoms with Crippen LogP contribution in [0.5, 0.6) is 5.75 Å². The van der Waals surface area contributed by atoms with Crippen LogP contribution in [0.3, 0.4) is 0 Å². The number of likely N-dealkylation sites (tertiary alicyclic amines) is 1. The van der Waals surface area contributed by atoms with Crippen LogP contribution in [-0.4, -0.2) is 36.2 Å². The minimum absolute atomic E-state index is 0.429. The molecule has 17 heavy (non-hydrogen) atoms. The maximum absolute atomic E-state index is 9.79. The minimum atomic E-state index is 0.429. The molecular weight excluding hydrogens is 212 g/mol. The second-order valence-electron chi connectivity index (χ2n) is 5.52. The van der Waals surface area contributed by atoms with Crippen molar-refractivity contribution in [3.63, 3.8) is 0 Å². The molecule has 0 radical (unpaired) electrons. The summed E-state index contributed by atoms with van der Waals surface area (Å²) in [4.78, 5) is 2.47. The number of hydrogen-bond donors (Lipinski definition) is 2. The zero-order chi connectivity index (χ0) is 11.7. The normalized spacial score (nSPS) is 29.2. The second kappa shape index (κ2) is 4.31. The molecule has 2 aliphatic heterocycles. The first-order chi connectivity index (χ1) is 8.27. The molecule has 2 fully saturated rings. The van der Waals surface area contributed by atoms with Crippen LogP contribution >= 0.6 is 0 Å². The molecule has 3 nitrogen and oxygen atoms in total. The molecule has 0 aliphatic carbocycles. The summed E-state index contributed by atoms with van der Waals surface area (Å²) in [5, 5.41) is 13.3. The Morgan fingerprint density at radius 3 is 2.94 bits per heavy atom. The average molecular weight is 232 g/mol. The molecular formula is C14H20N2O. The van der Waals surface area contributed by atoms with E-state index in [2.05, 4.69) is 10.2 Å². The molecule has 0 saturated carbocycles. The molecule has 0 amide bonds. The van der Waals surface area contributed by atoms with Crippen LogP contribution in [0.15, 0.2) is 24.3 Å². The summed E-state index contributed by atoms with van der Waals surface area (Å²) >= 11 is 0. The van der Waals surface area contributed by atoms with Gasteiger partial charge in [-0.2, -0.15) is 0 Å². The lowest BCUT2D eigenvalue weighted by Gasteiger charge is -2.23. The van der Waals surface area contributed by atoms with Gasteiger partial charge in [0.1, 0.15) is 5.75 Å². The number of aromatic hydroxyl groups is 1. The number of nitrogens with one attached hydrogen (secondary N) is 1. The Morgan fingerprint density at radius 1 is 1.29 bits per heavy atom. The molecule has 2 saturated heterocycles. The van der Waals surface area contributed by atoms with Crippen molar-refractivity contribution in [2.24, 2.45) is 5.41 Å². The van der Waals surface area contributed by atoms with E-state index in [9.17, 15) is 5.11 Å². The molecule has 3 rings (SSSR count). The topological polar surface area (TPSA) is 35.5 Å². The first kappa shape index (κ1) is 11.1. The first-order valence-corrected chi connectivity index (χ1v) is 6.47. The third kappa shape index (κ3) is 2.17. The highest BCUT2D eigenvalue weighted by Gasteiger charge is 2.40. The zero-order valence-corrected chi connectivity index (χ0v) is 10.2. The van der Waals surface area contributed by atoms with Gasteiger partial charge < -0.3 is 10.4 Å². The van der Waals surface area contributed by atoms with Gasteiger partial charge in [0.05, 0.1) is 0 Å². The van der Waals surface area contributed by atoms with Crippen LogP contribution < -0.4 is 5.32 Å². The monoisotopic (exact) mass is 232 g/mol. The zero-order valence-electron chi connectivity index (χ0n) is 10.2. The third-order valence-corrected chi connectivity index (χ3v) is 4.24. The number of nitrogens with zero attached hydrogens (tertiary/aromatic N) is 1. The summed E-state index contributed by atoms with van der Waals surface area (Å²) in [5.74, 6) is 0.429. The Kier molecular flexibility index (Phi) is 2.81. The van der Waals surface area contributed by atoms with Gasteiger partial charge in [-0.15, -0.1) is 0 Å². The van der Waals surface area contributed by atoms with Gasteiger partial charge in [-0.25, -0.2) is 0 Å². The fourth-order valence-corrected chi connectivity index (χ4v) is 3.19. The third-order valence-electron chi connectivity index (χ3n) is 4.24. The number of hydrogen-bond acceptors (Lipinski definition) is 3. The molecule has 2 aliphatic rings. The standard InChI is InChI=1S/C14H20N2O/c17-13-4-2-1-3-12(13)9-16-8-6-14(11-16)5-7-15-10-14/h1-4,15,17H,5-11H2. The van der Waals surface area contributed by atoms with Crippen molar-refractivity contribution in [3.8, 4) is 5.75 Å². The lowest BCUT2D eigenvalue weighted by Crippen LogP contribution is -2.28. The van der Waals surface area contributed by atoms with E-state index in [1.165, 1.54) is 32.5 Å². The number of phenolic OH excluding ortho intramolecular Hbond substituents is 1. The van der Waals surface area contributed by atoms with Crippen LogP contribution in [0, 0.1) is 5.41 Å². The SMILES string of the molecule is Oc1ccccc1CN1CCC2(CCNC2)C1. The average Bonchev–Trinajstić information content (AvgIpc) is 2.94. The Hall–Kier alpha value is -1.06. The number of benzene rings is 1. The summed E-state index contributed by atoms with van der Waals surface area (Å²) in [6.07, 6.45) is 2.61. The van der Waals surface area contributed by atoms with Gasteiger partial charge in [-0.3, -0.25) is 4.90 Å². The van der Waals surface area contributed by atoms with E-state index in [0.29, 0.717) is 11.2 Å².